The van der Waals surface area contributed by atoms with Crippen LogP contribution in [0, 0.1) is 0 Å². The van der Waals surface area contributed by atoms with Crippen molar-refractivity contribution in [1.82, 2.24) is 10.1 Å². The Kier molecular flexibility index (Phi) is 2.72. The van der Waals surface area contributed by atoms with Crippen molar-refractivity contribution >= 4 is 21.7 Å². The van der Waals surface area contributed by atoms with Gasteiger partial charge in [-0.05, 0) is 35.2 Å². The summed E-state index contributed by atoms with van der Waals surface area (Å²) in [6, 6.07) is 23.2. The predicted molar refractivity (Wildman–Crippen MR) is 104 cm³/mol. The predicted octanol–water partition coefficient (Wildman–Crippen LogP) is 5.74. The maximum atomic E-state index is 5.89. The van der Waals surface area contributed by atoms with Crippen molar-refractivity contribution in [2.75, 3.05) is 0 Å². The molecule has 3 aromatic carbocycles. The Morgan fingerprint density at radius 1 is 0.769 bits per heavy atom. The van der Waals surface area contributed by atoms with E-state index in [-0.39, 0.29) is 0 Å². The zero-order valence-electron chi connectivity index (χ0n) is 14.1. The van der Waals surface area contributed by atoms with Gasteiger partial charge >= 0.3 is 0 Å². The maximum Gasteiger partial charge on any atom is 0.171 e. The Balaban J connectivity index is 1.61. The van der Waals surface area contributed by atoms with Gasteiger partial charge in [-0.2, -0.15) is 0 Å². The Bertz CT molecular complexity index is 1290. The lowest BCUT2D eigenvalue weighted by Gasteiger charge is -2.12. The molecule has 0 saturated heterocycles. The molecule has 0 atom stereocenters. The number of aromatic nitrogens is 2. The molecule has 6 rings (SSSR count). The fourth-order valence-electron chi connectivity index (χ4n) is 4.28. The van der Waals surface area contributed by atoms with Gasteiger partial charge in [0, 0.05) is 22.0 Å². The third-order valence-corrected chi connectivity index (χ3v) is 5.50. The van der Waals surface area contributed by atoms with E-state index < -0.39 is 0 Å². The standard InChI is InChI=1S/C23H16N2O/c1-2-8-15-14(6-1)7-5-10-18(15)23-19-13-12-17-16-9-3-4-11-20(16)24-21(17)22(19)25-26-23/h1-11,24H,12-13H2. The zero-order chi connectivity index (χ0) is 17.1. The van der Waals surface area contributed by atoms with Gasteiger partial charge in [-0.25, -0.2) is 0 Å². The Morgan fingerprint density at radius 2 is 1.54 bits per heavy atom. The SMILES string of the molecule is c1ccc2c(-c3onc4c3CCc3c-4[nH]c4ccccc34)cccc2c1. The van der Waals surface area contributed by atoms with Crippen LogP contribution in [0.1, 0.15) is 11.1 Å². The van der Waals surface area contributed by atoms with Gasteiger partial charge in [0.05, 0.1) is 5.69 Å². The van der Waals surface area contributed by atoms with Crippen LogP contribution in [0.25, 0.3) is 44.4 Å². The molecule has 5 aromatic rings. The molecule has 0 radical (unpaired) electrons. The molecule has 0 fully saturated rings. The van der Waals surface area contributed by atoms with E-state index in [1.54, 1.807) is 0 Å². The smallest absolute Gasteiger partial charge is 0.171 e. The number of para-hydroxylation sites is 1. The number of hydrogen-bond donors (Lipinski definition) is 1. The largest absolute Gasteiger partial charge is 0.355 e. The number of rotatable bonds is 1. The summed E-state index contributed by atoms with van der Waals surface area (Å²) in [5.74, 6) is 0.904. The van der Waals surface area contributed by atoms with Crippen molar-refractivity contribution in [1.29, 1.82) is 0 Å². The van der Waals surface area contributed by atoms with E-state index >= 15 is 0 Å². The van der Waals surface area contributed by atoms with E-state index in [0.29, 0.717) is 0 Å². The van der Waals surface area contributed by atoms with E-state index in [2.05, 4.69) is 76.9 Å². The van der Waals surface area contributed by atoms with Gasteiger partial charge in [0.15, 0.2) is 5.76 Å². The molecular formula is C23H16N2O. The number of hydrogen-bond acceptors (Lipinski definition) is 2. The number of fused-ring (bicyclic) bond motifs is 6. The highest BCUT2D eigenvalue weighted by Gasteiger charge is 2.28. The molecule has 0 unspecified atom stereocenters. The molecule has 1 N–H and O–H groups in total. The lowest BCUT2D eigenvalue weighted by molar-refractivity contribution is 0.434. The third kappa shape index (κ3) is 1.80. The molecule has 0 spiro atoms. The molecule has 0 saturated carbocycles. The Hall–Kier alpha value is -3.33. The molecule has 0 amide bonds. The minimum absolute atomic E-state index is 0.904. The molecule has 124 valence electrons. The van der Waals surface area contributed by atoms with E-state index in [1.807, 2.05) is 0 Å². The fraction of sp³-hybridized carbons (Fsp3) is 0.0870. The summed E-state index contributed by atoms with van der Waals surface area (Å²) in [5.41, 5.74) is 6.93. The number of H-pyrrole nitrogens is 1. The summed E-state index contributed by atoms with van der Waals surface area (Å²) < 4.78 is 5.89. The number of benzene rings is 3. The number of aromatic amines is 1. The molecule has 3 nitrogen and oxygen atoms in total. The van der Waals surface area contributed by atoms with E-state index in [1.165, 1.54) is 32.8 Å². The summed E-state index contributed by atoms with van der Waals surface area (Å²) in [4.78, 5) is 3.55. The van der Waals surface area contributed by atoms with Crippen LogP contribution < -0.4 is 0 Å². The normalized spacial score (nSPS) is 13.1. The van der Waals surface area contributed by atoms with Gasteiger partial charge < -0.3 is 9.51 Å². The van der Waals surface area contributed by atoms with Gasteiger partial charge in [-0.3, -0.25) is 0 Å². The number of aryl methyl sites for hydroxylation is 1. The maximum absolute atomic E-state index is 5.89. The molecule has 1 aliphatic carbocycles. The lowest BCUT2D eigenvalue weighted by Crippen LogP contribution is -2.02. The van der Waals surface area contributed by atoms with Crippen LogP contribution in [-0.2, 0) is 12.8 Å². The quantitative estimate of drug-likeness (QED) is 0.424. The van der Waals surface area contributed by atoms with Crippen molar-refractivity contribution in [2.45, 2.75) is 12.8 Å². The number of nitrogens with one attached hydrogen (secondary N) is 1. The summed E-state index contributed by atoms with van der Waals surface area (Å²) >= 11 is 0. The van der Waals surface area contributed by atoms with Gasteiger partial charge in [0.25, 0.3) is 0 Å². The average Bonchev–Trinajstić information content (AvgIpc) is 3.29. The summed E-state index contributed by atoms with van der Waals surface area (Å²) in [6.45, 7) is 0. The van der Waals surface area contributed by atoms with E-state index in [9.17, 15) is 0 Å². The van der Waals surface area contributed by atoms with Crippen LogP contribution in [0.3, 0.4) is 0 Å². The molecule has 2 heterocycles. The van der Waals surface area contributed by atoms with Gasteiger partial charge in [-0.1, -0.05) is 65.8 Å². The average molecular weight is 336 g/mol. The second kappa shape index (κ2) is 5.09. The molecule has 0 bridgehead atoms. The van der Waals surface area contributed by atoms with Crippen LogP contribution in [0.4, 0.5) is 0 Å². The minimum Gasteiger partial charge on any atom is -0.355 e. The first-order valence-electron chi connectivity index (χ1n) is 8.97. The van der Waals surface area contributed by atoms with Crippen LogP contribution in [0.15, 0.2) is 71.3 Å². The summed E-state index contributed by atoms with van der Waals surface area (Å²) in [7, 11) is 0. The first kappa shape index (κ1) is 13.9. The summed E-state index contributed by atoms with van der Waals surface area (Å²) in [6.07, 6.45) is 1.96. The van der Waals surface area contributed by atoms with Crippen molar-refractivity contribution in [3.8, 4) is 22.7 Å². The van der Waals surface area contributed by atoms with Crippen molar-refractivity contribution in [2.24, 2.45) is 0 Å². The minimum atomic E-state index is 0.904. The lowest BCUT2D eigenvalue weighted by atomic mass is 9.90. The van der Waals surface area contributed by atoms with Crippen molar-refractivity contribution < 1.29 is 4.52 Å². The highest BCUT2D eigenvalue weighted by atomic mass is 16.5. The number of nitrogens with zero attached hydrogens (tertiary/aromatic N) is 1. The monoisotopic (exact) mass is 336 g/mol. The van der Waals surface area contributed by atoms with Crippen LogP contribution in [0.5, 0.6) is 0 Å². The molecule has 3 heteroatoms. The van der Waals surface area contributed by atoms with Crippen LogP contribution in [-0.4, -0.2) is 10.1 Å². The highest BCUT2D eigenvalue weighted by Crippen LogP contribution is 2.42. The first-order chi connectivity index (χ1) is 12.9. The third-order valence-electron chi connectivity index (χ3n) is 5.50. The van der Waals surface area contributed by atoms with Gasteiger partial charge in [0.2, 0.25) is 0 Å². The topological polar surface area (TPSA) is 41.8 Å². The molecule has 0 aliphatic heterocycles. The molecule has 2 aromatic heterocycles. The second-order valence-electron chi connectivity index (χ2n) is 6.89. The van der Waals surface area contributed by atoms with Gasteiger partial charge in [0.1, 0.15) is 5.69 Å². The van der Waals surface area contributed by atoms with E-state index in [4.69, 9.17) is 4.52 Å². The molecule has 1 aliphatic rings. The fourth-order valence-corrected chi connectivity index (χ4v) is 4.28. The molecular weight excluding hydrogens is 320 g/mol. The Morgan fingerprint density at radius 3 is 2.50 bits per heavy atom. The van der Waals surface area contributed by atoms with E-state index in [0.717, 1.165) is 35.6 Å². The zero-order valence-corrected chi connectivity index (χ0v) is 14.1. The summed E-state index contributed by atoms with van der Waals surface area (Å²) in [5, 5.41) is 8.19. The van der Waals surface area contributed by atoms with Crippen molar-refractivity contribution in [3.63, 3.8) is 0 Å². The molecule has 26 heavy (non-hydrogen) atoms. The van der Waals surface area contributed by atoms with Crippen LogP contribution in [0.2, 0.25) is 0 Å². The van der Waals surface area contributed by atoms with Crippen LogP contribution >= 0.6 is 0 Å². The Labute approximate surface area is 150 Å². The van der Waals surface area contributed by atoms with Crippen molar-refractivity contribution in [3.05, 3.63) is 77.9 Å². The second-order valence-corrected chi connectivity index (χ2v) is 6.89. The first-order valence-corrected chi connectivity index (χ1v) is 8.97. The highest BCUT2D eigenvalue weighted by molar-refractivity contribution is 5.98. The van der Waals surface area contributed by atoms with Gasteiger partial charge in [-0.15, -0.1) is 0 Å².